The molecule has 0 spiro atoms. The molecule has 0 amide bonds. The first-order chi connectivity index (χ1) is 11.9. The summed E-state index contributed by atoms with van der Waals surface area (Å²) in [6.07, 6.45) is 7.78. The van der Waals surface area contributed by atoms with E-state index in [1.165, 1.54) is 19.3 Å². The van der Waals surface area contributed by atoms with E-state index in [1.54, 1.807) is 15.4 Å². The fourth-order valence-electron chi connectivity index (χ4n) is 3.27. The number of aromatic nitrogens is 3. The highest BCUT2D eigenvalue weighted by Crippen LogP contribution is 2.22. The normalized spacial score (nSPS) is 17.0. The predicted octanol–water partition coefficient (Wildman–Crippen LogP) is 3.44. The zero-order valence-corrected chi connectivity index (χ0v) is 15.7. The summed E-state index contributed by atoms with van der Waals surface area (Å²) in [6.45, 7) is 6.30. The largest absolute Gasteiger partial charge is 0.281 e. The van der Waals surface area contributed by atoms with Gasteiger partial charge in [-0.15, -0.1) is 0 Å². The molecule has 25 heavy (non-hydrogen) atoms. The minimum Gasteiger partial charge on any atom is -0.267 e. The number of rotatable bonds is 2. The van der Waals surface area contributed by atoms with Crippen LogP contribution in [0.25, 0.3) is 0 Å². The van der Waals surface area contributed by atoms with Gasteiger partial charge < -0.3 is 0 Å². The summed E-state index contributed by atoms with van der Waals surface area (Å²) >= 11 is 0. The minimum atomic E-state index is -0.0903. The van der Waals surface area contributed by atoms with Gasteiger partial charge in [0, 0.05) is 18.7 Å². The molecule has 5 heteroatoms. The highest BCUT2D eigenvalue weighted by atomic mass is 16.2. The van der Waals surface area contributed by atoms with Gasteiger partial charge in [0.2, 0.25) is 0 Å². The van der Waals surface area contributed by atoms with E-state index in [-0.39, 0.29) is 11.3 Å². The van der Waals surface area contributed by atoms with E-state index in [0.717, 1.165) is 24.0 Å². The molecule has 1 aliphatic rings. The van der Waals surface area contributed by atoms with Crippen LogP contribution in [0.15, 0.2) is 35.5 Å². The van der Waals surface area contributed by atoms with Crippen LogP contribution in [0.1, 0.15) is 69.1 Å². The smallest absolute Gasteiger partial charge is 0.267 e. The van der Waals surface area contributed by atoms with Crippen LogP contribution in [-0.2, 0) is 12.5 Å². The number of pyridine rings is 1. The number of nitrogens with zero attached hydrogens (tertiary/aromatic N) is 4. The van der Waals surface area contributed by atoms with Crippen molar-refractivity contribution >= 4 is 5.91 Å². The Morgan fingerprint density at radius 2 is 1.92 bits per heavy atom. The molecule has 0 saturated heterocycles. The summed E-state index contributed by atoms with van der Waals surface area (Å²) in [7, 11) is 1.82. The van der Waals surface area contributed by atoms with E-state index in [4.69, 9.17) is 4.99 Å². The van der Waals surface area contributed by atoms with Gasteiger partial charge in [0.1, 0.15) is 11.2 Å². The maximum Gasteiger partial charge on any atom is 0.281 e. The number of carbonyl (C=O) groups is 1. The van der Waals surface area contributed by atoms with Crippen LogP contribution in [0.5, 0.6) is 0 Å². The van der Waals surface area contributed by atoms with Crippen molar-refractivity contribution in [3.8, 4) is 0 Å². The summed E-state index contributed by atoms with van der Waals surface area (Å²) in [5, 5.41) is 4.53. The molecule has 1 fully saturated rings. The average Bonchev–Trinajstić information content (AvgIpc) is 2.98. The Hall–Kier alpha value is -2.17. The van der Waals surface area contributed by atoms with Gasteiger partial charge in [-0.1, -0.05) is 46.1 Å². The van der Waals surface area contributed by atoms with Gasteiger partial charge in [-0.05, 0) is 31.0 Å². The maximum atomic E-state index is 13.1. The Kier molecular flexibility index (Phi) is 4.93. The molecular formula is C20H28N4O. The number of hydrogen-bond donors (Lipinski definition) is 0. The summed E-state index contributed by atoms with van der Waals surface area (Å²) in [5.74, 6) is -0.0827. The molecule has 0 aromatic carbocycles. The molecule has 1 saturated carbocycles. The van der Waals surface area contributed by atoms with Crippen molar-refractivity contribution in [2.75, 3.05) is 0 Å². The van der Waals surface area contributed by atoms with Crippen molar-refractivity contribution < 1.29 is 4.79 Å². The molecule has 0 bridgehead atoms. The van der Waals surface area contributed by atoms with Crippen molar-refractivity contribution in [2.24, 2.45) is 12.0 Å². The lowest BCUT2D eigenvalue weighted by Crippen LogP contribution is -2.30. The SMILES string of the molecule is Cn1nc(C(C)(C)C)cc1C(=O)n1ccccc1=NC1CCCCC1. The Balaban J connectivity index is 1.98. The predicted molar refractivity (Wildman–Crippen MR) is 98.5 cm³/mol. The highest BCUT2D eigenvalue weighted by Gasteiger charge is 2.22. The molecule has 5 nitrogen and oxygen atoms in total. The molecule has 0 N–H and O–H groups in total. The second kappa shape index (κ2) is 6.98. The summed E-state index contributed by atoms with van der Waals surface area (Å²) in [4.78, 5) is 18.0. The first-order valence-corrected chi connectivity index (χ1v) is 9.17. The minimum absolute atomic E-state index is 0.0827. The van der Waals surface area contributed by atoms with E-state index in [9.17, 15) is 4.79 Å². The molecule has 2 aromatic heterocycles. The fraction of sp³-hybridized carbons (Fsp3) is 0.550. The zero-order chi connectivity index (χ0) is 18.0. The van der Waals surface area contributed by atoms with Crippen molar-refractivity contribution in [3.05, 3.63) is 47.3 Å². The van der Waals surface area contributed by atoms with Gasteiger partial charge in [0.25, 0.3) is 5.91 Å². The van der Waals surface area contributed by atoms with Gasteiger partial charge in [-0.25, -0.2) is 0 Å². The Morgan fingerprint density at radius 1 is 1.20 bits per heavy atom. The third-order valence-corrected chi connectivity index (χ3v) is 4.81. The van der Waals surface area contributed by atoms with Crippen LogP contribution >= 0.6 is 0 Å². The topological polar surface area (TPSA) is 52.2 Å². The molecule has 0 atom stereocenters. The quantitative estimate of drug-likeness (QED) is 0.841. The van der Waals surface area contributed by atoms with Gasteiger partial charge in [0.15, 0.2) is 0 Å². The lowest BCUT2D eigenvalue weighted by molar-refractivity contribution is 0.0945. The lowest BCUT2D eigenvalue weighted by atomic mass is 9.92. The Morgan fingerprint density at radius 3 is 2.56 bits per heavy atom. The number of hydrogen-bond acceptors (Lipinski definition) is 3. The van der Waals surface area contributed by atoms with Crippen molar-refractivity contribution in [2.45, 2.75) is 64.3 Å². The average molecular weight is 340 g/mol. The molecule has 0 aliphatic heterocycles. The van der Waals surface area contributed by atoms with Crippen LogP contribution in [0, 0.1) is 0 Å². The molecule has 2 heterocycles. The molecule has 134 valence electrons. The summed E-state index contributed by atoms with van der Waals surface area (Å²) in [6, 6.07) is 7.96. The number of carbonyl (C=O) groups excluding carboxylic acids is 1. The molecule has 0 unspecified atom stereocenters. The van der Waals surface area contributed by atoms with E-state index in [0.29, 0.717) is 11.7 Å². The van der Waals surface area contributed by atoms with Gasteiger partial charge in [0.05, 0.1) is 11.7 Å². The molecule has 1 aliphatic carbocycles. The first kappa shape index (κ1) is 17.6. The second-order valence-corrected chi connectivity index (χ2v) is 7.94. The maximum absolute atomic E-state index is 13.1. The van der Waals surface area contributed by atoms with Gasteiger partial charge in [-0.2, -0.15) is 5.10 Å². The Labute approximate surface area is 149 Å². The van der Waals surface area contributed by atoms with E-state index in [2.05, 4.69) is 25.9 Å². The first-order valence-electron chi connectivity index (χ1n) is 9.17. The van der Waals surface area contributed by atoms with Crippen molar-refractivity contribution in [3.63, 3.8) is 0 Å². The molecular weight excluding hydrogens is 312 g/mol. The van der Waals surface area contributed by atoms with Crippen LogP contribution < -0.4 is 5.49 Å². The van der Waals surface area contributed by atoms with Crippen LogP contribution in [-0.4, -0.2) is 26.3 Å². The van der Waals surface area contributed by atoms with E-state index < -0.39 is 0 Å². The third kappa shape index (κ3) is 3.91. The van der Waals surface area contributed by atoms with E-state index >= 15 is 0 Å². The fourth-order valence-corrected chi connectivity index (χ4v) is 3.27. The number of aryl methyl sites for hydroxylation is 1. The molecule has 0 radical (unpaired) electrons. The van der Waals surface area contributed by atoms with Gasteiger partial charge in [-0.3, -0.25) is 19.0 Å². The zero-order valence-electron chi connectivity index (χ0n) is 15.7. The molecule has 2 aromatic rings. The van der Waals surface area contributed by atoms with Crippen LogP contribution in [0.3, 0.4) is 0 Å². The van der Waals surface area contributed by atoms with Crippen LogP contribution in [0.2, 0.25) is 0 Å². The van der Waals surface area contributed by atoms with Crippen molar-refractivity contribution in [1.82, 2.24) is 14.3 Å². The third-order valence-electron chi connectivity index (χ3n) is 4.81. The van der Waals surface area contributed by atoms with Crippen LogP contribution in [0.4, 0.5) is 0 Å². The highest BCUT2D eigenvalue weighted by molar-refractivity contribution is 5.94. The van der Waals surface area contributed by atoms with Gasteiger partial charge >= 0.3 is 0 Å². The molecule has 3 rings (SSSR count). The summed E-state index contributed by atoms with van der Waals surface area (Å²) in [5.41, 5.74) is 2.15. The lowest BCUT2D eigenvalue weighted by Gasteiger charge is -2.17. The monoisotopic (exact) mass is 340 g/mol. The summed E-state index contributed by atoms with van der Waals surface area (Å²) < 4.78 is 3.32. The van der Waals surface area contributed by atoms with E-state index in [1.807, 2.05) is 31.3 Å². The second-order valence-electron chi connectivity index (χ2n) is 7.94. The Bertz CT molecular complexity index is 817. The van der Waals surface area contributed by atoms with Crippen molar-refractivity contribution in [1.29, 1.82) is 0 Å². The standard InChI is InChI=1S/C20H28N4O/c1-20(2,3)17-14-16(23(4)22-17)19(25)24-13-9-8-12-18(24)21-15-10-6-5-7-11-15/h8-9,12-15H,5-7,10-11H2,1-4H3.